The van der Waals surface area contributed by atoms with Gasteiger partial charge in [0.05, 0.1) is 29.6 Å². The van der Waals surface area contributed by atoms with Crippen LogP contribution in [0, 0.1) is 6.92 Å². The highest BCUT2D eigenvalue weighted by Gasteiger charge is 2.29. The highest BCUT2D eigenvalue weighted by molar-refractivity contribution is 6.02. The number of nitrogens with zero attached hydrogens (tertiary/aromatic N) is 4. The van der Waals surface area contributed by atoms with Crippen molar-refractivity contribution in [3.05, 3.63) is 59.7 Å². The second-order valence-corrected chi connectivity index (χ2v) is 7.26. The number of aryl methyl sites for hydroxylation is 1. The van der Waals surface area contributed by atoms with Crippen LogP contribution in [-0.4, -0.2) is 33.2 Å². The minimum Gasteiger partial charge on any atom is -0.465 e. The minimum absolute atomic E-state index is 0. The van der Waals surface area contributed by atoms with E-state index in [1.54, 1.807) is 18.3 Å². The first-order valence-corrected chi connectivity index (χ1v) is 9.68. The monoisotopic (exact) mass is 437 g/mol. The molecule has 9 heteroatoms. The zero-order valence-electron chi connectivity index (χ0n) is 17.0. The van der Waals surface area contributed by atoms with E-state index in [2.05, 4.69) is 25.4 Å². The van der Waals surface area contributed by atoms with Crippen molar-refractivity contribution in [1.82, 2.24) is 20.1 Å². The van der Waals surface area contributed by atoms with Gasteiger partial charge in [-0.25, -0.2) is 14.8 Å². The third-order valence-corrected chi connectivity index (χ3v) is 5.08. The fourth-order valence-electron chi connectivity index (χ4n) is 3.34. The molecule has 3 aromatic heterocycles. The zero-order chi connectivity index (χ0) is 20.7. The molecule has 0 amide bonds. The average molecular weight is 438 g/mol. The van der Waals surface area contributed by atoms with Gasteiger partial charge < -0.3 is 14.6 Å². The molecule has 8 nitrogen and oxygen atoms in total. The predicted octanol–water partition coefficient (Wildman–Crippen LogP) is 4.82. The van der Waals surface area contributed by atoms with E-state index >= 15 is 0 Å². The van der Waals surface area contributed by atoms with Crippen LogP contribution in [0.4, 0.5) is 11.4 Å². The number of anilines is 2. The molecule has 158 valence electrons. The van der Waals surface area contributed by atoms with E-state index in [4.69, 9.17) is 9.26 Å². The lowest BCUT2D eigenvalue weighted by molar-refractivity contribution is 0.0602. The number of benzene rings is 1. The molecule has 1 fully saturated rings. The maximum absolute atomic E-state index is 12.2. The molecule has 0 saturated heterocycles. The number of aromatic nitrogens is 4. The summed E-state index contributed by atoms with van der Waals surface area (Å²) in [5, 5.41) is 8.27. The molecule has 0 aliphatic heterocycles. The van der Waals surface area contributed by atoms with Crippen LogP contribution in [0.1, 0.15) is 40.6 Å². The van der Waals surface area contributed by atoms with Gasteiger partial charge in [0.1, 0.15) is 0 Å². The number of rotatable bonds is 5. The number of pyridine rings is 2. The first-order chi connectivity index (χ1) is 14.6. The van der Waals surface area contributed by atoms with Crippen LogP contribution in [0.25, 0.3) is 22.5 Å². The minimum atomic E-state index is -0.430. The number of ether oxygens (including phenoxy) is 1. The quantitative estimate of drug-likeness (QED) is 0.443. The zero-order valence-corrected chi connectivity index (χ0v) is 17.8. The van der Waals surface area contributed by atoms with Crippen LogP contribution in [0.5, 0.6) is 0 Å². The van der Waals surface area contributed by atoms with Crippen LogP contribution >= 0.6 is 12.4 Å². The normalized spacial score (nSPS) is 13.0. The van der Waals surface area contributed by atoms with Gasteiger partial charge in [-0.15, -0.1) is 12.4 Å². The molecule has 1 aromatic carbocycles. The second-order valence-electron chi connectivity index (χ2n) is 7.26. The van der Waals surface area contributed by atoms with Crippen molar-refractivity contribution in [1.29, 1.82) is 0 Å². The van der Waals surface area contributed by atoms with E-state index in [0.717, 1.165) is 23.9 Å². The molecule has 31 heavy (non-hydrogen) atoms. The Hall–Kier alpha value is -3.52. The summed E-state index contributed by atoms with van der Waals surface area (Å²) in [7, 11) is 1.36. The number of nitrogens with one attached hydrogen (secondary N) is 1. The van der Waals surface area contributed by atoms with Crippen LogP contribution < -0.4 is 5.32 Å². The van der Waals surface area contributed by atoms with Gasteiger partial charge in [0.2, 0.25) is 0 Å². The van der Waals surface area contributed by atoms with E-state index in [-0.39, 0.29) is 12.4 Å². The smallest absolute Gasteiger partial charge is 0.339 e. The van der Waals surface area contributed by atoms with E-state index in [0.29, 0.717) is 45.8 Å². The summed E-state index contributed by atoms with van der Waals surface area (Å²) in [6.07, 6.45) is 3.83. The predicted molar refractivity (Wildman–Crippen MR) is 118 cm³/mol. The van der Waals surface area contributed by atoms with E-state index in [1.165, 1.54) is 7.11 Å². The molecular formula is C22H20ClN5O3. The number of hydrogen-bond donors (Lipinski definition) is 1. The lowest BCUT2D eigenvalue weighted by atomic mass is 10.1. The van der Waals surface area contributed by atoms with Crippen LogP contribution in [0.2, 0.25) is 0 Å². The Labute approximate surface area is 184 Å². The van der Waals surface area contributed by atoms with Crippen molar-refractivity contribution in [2.45, 2.75) is 25.7 Å². The van der Waals surface area contributed by atoms with Gasteiger partial charge in [0.25, 0.3) is 5.89 Å². The third kappa shape index (κ3) is 3.94. The van der Waals surface area contributed by atoms with Crippen molar-refractivity contribution in [2.75, 3.05) is 12.4 Å². The Morgan fingerprint density at radius 1 is 1.16 bits per heavy atom. The van der Waals surface area contributed by atoms with Crippen molar-refractivity contribution < 1.29 is 14.1 Å². The first-order valence-electron chi connectivity index (χ1n) is 9.68. The fraction of sp³-hybridized carbons (Fsp3) is 0.227. The van der Waals surface area contributed by atoms with Crippen LogP contribution in [-0.2, 0) is 4.74 Å². The van der Waals surface area contributed by atoms with Gasteiger partial charge in [-0.3, -0.25) is 0 Å². The lowest BCUT2D eigenvalue weighted by Crippen LogP contribution is -2.06. The Morgan fingerprint density at radius 2 is 1.97 bits per heavy atom. The van der Waals surface area contributed by atoms with E-state index in [9.17, 15) is 4.79 Å². The SMILES string of the molecule is COC(=O)c1ccccc1Nc1c(-c2nc(C3CC3)no2)cnc2nc(C)ccc12.Cl. The molecular weight excluding hydrogens is 418 g/mol. The largest absolute Gasteiger partial charge is 0.465 e. The second kappa shape index (κ2) is 8.31. The van der Waals surface area contributed by atoms with Gasteiger partial charge in [-0.1, -0.05) is 17.3 Å². The Balaban J connectivity index is 0.00000231. The number of para-hydroxylation sites is 1. The summed E-state index contributed by atoms with van der Waals surface area (Å²) < 4.78 is 10.5. The van der Waals surface area contributed by atoms with Crippen molar-refractivity contribution in [3.63, 3.8) is 0 Å². The molecule has 1 aliphatic rings. The summed E-state index contributed by atoms with van der Waals surface area (Å²) in [5.74, 6) is 1.04. The Bertz CT molecular complexity index is 1270. The molecule has 4 aromatic rings. The number of methoxy groups -OCH3 is 1. The summed E-state index contributed by atoms with van der Waals surface area (Å²) in [5.41, 5.74) is 3.79. The maximum Gasteiger partial charge on any atom is 0.339 e. The molecule has 1 aliphatic carbocycles. The molecule has 0 spiro atoms. The number of fused-ring (bicyclic) bond motifs is 1. The number of hydrogen-bond acceptors (Lipinski definition) is 8. The van der Waals surface area contributed by atoms with Gasteiger partial charge in [-0.2, -0.15) is 4.98 Å². The Morgan fingerprint density at radius 3 is 2.74 bits per heavy atom. The Kier molecular flexibility index (Phi) is 5.56. The molecule has 5 rings (SSSR count). The number of carbonyl (C=O) groups excluding carboxylic acids is 1. The standard InChI is InChI=1S/C22H19N5O3.ClH/c1-12-7-10-15-18(25-17-6-4-3-5-14(17)22(28)29-2)16(11-23-20(15)24-12)21-26-19(27-30-21)13-8-9-13;/h3-7,10-11,13H,8-9H2,1-2H3,(H,23,24,25);1H. The van der Waals surface area contributed by atoms with Gasteiger partial charge in [-0.05, 0) is 44.0 Å². The lowest BCUT2D eigenvalue weighted by Gasteiger charge is -2.15. The van der Waals surface area contributed by atoms with Gasteiger partial charge in [0, 0.05) is 23.2 Å². The molecule has 0 atom stereocenters. The molecule has 1 saturated carbocycles. The molecule has 0 unspecified atom stereocenters. The number of halogens is 1. The van der Waals surface area contributed by atoms with E-state index < -0.39 is 5.97 Å². The first kappa shape index (κ1) is 20.7. The molecule has 3 heterocycles. The van der Waals surface area contributed by atoms with Crippen molar-refractivity contribution in [2.24, 2.45) is 0 Å². The summed E-state index contributed by atoms with van der Waals surface area (Å²) in [6.45, 7) is 1.91. The fourth-order valence-corrected chi connectivity index (χ4v) is 3.34. The topological polar surface area (TPSA) is 103 Å². The van der Waals surface area contributed by atoms with Crippen molar-refractivity contribution >= 4 is 40.8 Å². The highest BCUT2D eigenvalue weighted by atomic mass is 35.5. The molecule has 0 radical (unpaired) electrons. The van der Waals surface area contributed by atoms with Gasteiger partial charge in [0.15, 0.2) is 11.5 Å². The van der Waals surface area contributed by atoms with E-state index in [1.807, 2.05) is 31.2 Å². The summed E-state index contributed by atoms with van der Waals surface area (Å²) in [6, 6.07) is 11.0. The summed E-state index contributed by atoms with van der Waals surface area (Å²) in [4.78, 5) is 25.8. The maximum atomic E-state index is 12.2. The van der Waals surface area contributed by atoms with Crippen LogP contribution in [0.15, 0.2) is 47.1 Å². The highest BCUT2D eigenvalue weighted by Crippen LogP contribution is 2.40. The van der Waals surface area contributed by atoms with Crippen molar-refractivity contribution in [3.8, 4) is 11.5 Å². The molecule has 0 bridgehead atoms. The number of carbonyl (C=O) groups is 1. The molecule has 1 N–H and O–H groups in total. The third-order valence-electron chi connectivity index (χ3n) is 5.08. The number of esters is 1. The summed E-state index contributed by atoms with van der Waals surface area (Å²) >= 11 is 0. The average Bonchev–Trinajstić information content (AvgIpc) is 3.50. The van der Waals surface area contributed by atoms with Gasteiger partial charge >= 0.3 is 5.97 Å². The van der Waals surface area contributed by atoms with Crippen LogP contribution in [0.3, 0.4) is 0 Å².